The van der Waals surface area contributed by atoms with Gasteiger partial charge >= 0.3 is 0 Å². The van der Waals surface area contributed by atoms with Gasteiger partial charge in [0, 0.05) is 49.8 Å². The van der Waals surface area contributed by atoms with Crippen LogP contribution in [0.4, 0.5) is 15.9 Å². The maximum absolute atomic E-state index is 15.1. The maximum atomic E-state index is 15.1. The molecule has 11 heteroatoms. The fourth-order valence-corrected chi connectivity index (χ4v) is 5.57. The second-order valence-electron chi connectivity index (χ2n) is 8.65. The van der Waals surface area contributed by atoms with Gasteiger partial charge in [-0.3, -0.25) is 4.79 Å². The van der Waals surface area contributed by atoms with Gasteiger partial charge in [0.25, 0.3) is 5.91 Å². The second kappa shape index (κ2) is 8.47. The Morgan fingerprint density at radius 2 is 2.18 bits per heavy atom. The van der Waals surface area contributed by atoms with E-state index in [4.69, 9.17) is 21.2 Å². The number of nitrogen functional groups attached to an aromatic ring is 1. The number of pyridine rings is 1. The minimum absolute atomic E-state index is 0.0962. The van der Waals surface area contributed by atoms with E-state index in [0.29, 0.717) is 64.6 Å². The fraction of sp³-hybridized carbons (Fsp3) is 0.455. The number of ether oxygens (including phenoxy) is 1. The van der Waals surface area contributed by atoms with Gasteiger partial charge in [-0.2, -0.15) is 0 Å². The van der Waals surface area contributed by atoms with Gasteiger partial charge in [0.05, 0.1) is 23.5 Å². The number of thiophene rings is 1. The number of carbonyl (C=O) groups is 1. The third-order valence-electron chi connectivity index (χ3n) is 6.36. The van der Waals surface area contributed by atoms with Gasteiger partial charge in [-0.05, 0) is 26.2 Å². The van der Waals surface area contributed by atoms with Crippen molar-refractivity contribution in [2.75, 3.05) is 30.8 Å². The lowest BCUT2D eigenvalue weighted by Gasteiger charge is -2.27. The van der Waals surface area contributed by atoms with Crippen molar-refractivity contribution in [1.82, 2.24) is 20.3 Å². The third kappa shape index (κ3) is 4.00. The summed E-state index contributed by atoms with van der Waals surface area (Å²) in [6.07, 6.45) is 3.14. The monoisotopic (exact) mass is 471 g/mol. The molecule has 1 saturated heterocycles. The highest BCUT2D eigenvalue weighted by atomic mass is 32.1. The van der Waals surface area contributed by atoms with Gasteiger partial charge in [-0.25, -0.2) is 19.3 Å². The summed E-state index contributed by atoms with van der Waals surface area (Å²) in [5.41, 5.74) is 15.2. The Labute approximate surface area is 194 Å². The molecule has 0 radical (unpaired) electrons. The first-order valence-electron chi connectivity index (χ1n) is 10.9. The van der Waals surface area contributed by atoms with E-state index in [2.05, 4.69) is 15.3 Å². The second-order valence-corrected chi connectivity index (χ2v) is 9.65. The molecule has 1 amide bonds. The van der Waals surface area contributed by atoms with Crippen molar-refractivity contribution in [3.05, 3.63) is 39.9 Å². The van der Waals surface area contributed by atoms with Gasteiger partial charge in [0.1, 0.15) is 26.9 Å². The molecule has 0 bridgehead atoms. The number of anilines is 2. The van der Waals surface area contributed by atoms with Crippen LogP contribution in [0.25, 0.3) is 10.3 Å². The van der Waals surface area contributed by atoms with E-state index in [1.807, 2.05) is 11.8 Å². The molecule has 2 aliphatic rings. The molecule has 0 saturated carbocycles. The molecule has 5 rings (SSSR count). The zero-order valence-corrected chi connectivity index (χ0v) is 19.3. The van der Waals surface area contributed by atoms with Gasteiger partial charge in [0.2, 0.25) is 0 Å². The van der Waals surface area contributed by atoms with Crippen molar-refractivity contribution < 1.29 is 13.9 Å². The largest absolute Gasteiger partial charge is 0.396 e. The number of halogens is 1. The Hall–Kier alpha value is -2.89. The summed E-state index contributed by atoms with van der Waals surface area (Å²) in [6.45, 7) is 2.99. The Bertz CT molecular complexity index is 1230. The topological polar surface area (TPSA) is 132 Å². The van der Waals surface area contributed by atoms with Crippen LogP contribution in [0.2, 0.25) is 0 Å². The summed E-state index contributed by atoms with van der Waals surface area (Å²) in [5.74, 6) is -0.0178. The number of fused-ring (bicyclic) bond motifs is 2. The van der Waals surface area contributed by atoms with Gasteiger partial charge in [-0.1, -0.05) is 0 Å². The van der Waals surface area contributed by atoms with Crippen molar-refractivity contribution in [2.45, 2.75) is 44.4 Å². The quantitative estimate of drug-likeness (QED) is 0.522. The first-order valence-corrected chi connectivity index (χ1v) is 11.7. The molecule has 3 unspecified atom stereocenters. The SMILES string of the molecule is COC1CN(c2cc(F)c3c(n2)CCC(NC(=O)c2sc4nc(C)cnc4c2N)C3)CC1N. The number of carbonyl (C=O) groups excluding carboxylic acids is 1. The van der Waals surface area contributed by atoms with E-state index >= 15 is 4.39 Å². The first-order chi connectivity index (χ1) is 15.8. The molecule has 1 fully saturated rings. The van der Waals surface area contributed by atoms with E-state index in [0.717, 1.165) is 11.4 Å². The fourth-order valence-electron chi connectivity index (χ4n) is 4.57. The molecule has 3 atom stereocenters. The van der Waals surface area contributed by atoms with Gasteiger partial charge in [-0.15, -0.1) is 11.3 Å². The molecule has 33 heavy (non-hydrogen) atoms. The number of methoxy groups -OCH3 is 1. The van der Waals surface area contributed by atoms with Crippen molar-refractivity contribution >= 4 is 39.1 Å². The first kappa shape index (κ1) is 21.9. The van der Waals surface area contributed by atoms with E-state index in [1.165, 1.54) is 17.4 Å². The third-order valence-corrected chi connectivity index (χ3v) is 7.45. The number of nitrogens with two attached hydrogens (primary N) is 2. The Morgan fingerprint density at radius 1 is 1.36 bits per heavy atom. The Kier molecular flexibility index (Phi) is 5.63. The molecular weight excluding hydrogens is 445 g/mol. The van der Waals surface area contributed by atoms with Crippen molar-refractivity contribution in [2.24, 2.45) is 5.73 Å². The lowest BCUT2D eigenvalue weighted by molar-refractivity contribution is 0.0938. The zero-order chi connectivity index (χ0) is 23.3. The standard InChI is InChI=1S/C22H26FN7O2S/c1-10-7-26-19-18(25)20(33-22(19)27-10)21(31)28-11-3-4-15-12(5-11)13(23)6-17(29-15)30-8-14(24)16(9-30)32-2/h6-7,11,14,16H,3-5,8-9,24-25H2,1-2H3,(H,28,31). The number of hydrogen-bond acceptors (Lipinski definition) is 9. The van der Waals surface area contributed by atoms with Gasteiger partial charge < -0.3 is 26.4 Å². The van der Waals surface area contributed by atoms with Crippen LogP contribution < -0.4 is 21.7 Å². The highest BCUT2D eigenvalue weighted by Gasteiger charge is 2.33. The summed E-state index contributed by atoms with van der Waals surface area (Å²) >= 11 is 1.22. The molecule has 4 heterocycles. The molecule has 0 aromatic carbocycles. The molecule has 1 aliphatic carbocycles. The number of amides is 1. The Balaban J connectivity index is 1.31. The minimum Gasteiger partial charge on any atom is -0.396 e. The van der Waals surface area contributed by atoms with Crippen molar-refractivity contribution in [3.63, 3.8) is 0 Å². The van der Waals surface area contributed by atoms with Crippen LogP contribution in [0.1, 0.15) is 33.0 Å². The molecule has 5 N–H and O–H groups in total. The molecular formula is C22H26FN7O2S. The number of rotatable bonds is 4. The number of aromatic nitrogens is 3. The predicted octanol–water partition coefficient (Wildman–Crippen LogP) is 1.57. The predicted molar refractivity (Wildman–Crippen MR) is 125 cm³/mol. The van der Waals surface area contributed by atoms with Crippen molar-refractivity contribution in [1.29, 1.82) is 0 Å². The molecule has 3 aromatic heterocycles. The van der Waals surface area contributed by atoms with E-state index in [1.54, 1.807) is 13.3 Å². The van der Waals surface area contributed by atoms with E-state index < -0.39 is 0 Å². The van der Waals surface area contributed by atoms with Crippen LogP contribution in [-0.2, 0) is 17.6 Å². The summed E-state index contributed by atoms with van der Waals surface area (Å²) < 4.78 is 20.5. The molecule has 0 spiro atoms. The smallest absolute Gasteiger partial charge is 0.263 e. The van der Waals surface area contributed by atoms with Crippen LogP contribution in [0.3, 0.4) is 0 Å². The molecule has 3 aromatic rings. The summed E-state index contributed by atoms with van der Waals surface area (Å²) in [6, 6.07) is 1.11. The number of aryl methyl sites for hydroxylation is 2. The number of nitrogens with zero attached hydrogens (tertiary/aromatic N) is 4. The van der Waals surface area contributed by atoms with Crippen LogP contribution in [0, 0.1) is 12.7 Å². The number of nitrogens with one attached hydrogen (secondary N) is 1. The highest BCUT2D eigenvalue weighted by Crippen LogP contribution is 2.32. The summed E-state index contributed by atoms with van der Waals surface area (Å²) in [5, 5.41) is 3.01. The van der Waals surface area contributed by atoms with Gasteiger partial charge in [0.15, 0.2) is 0 Å². The molecule has 174 valence electrons. The maximum Gasteiger partial charge on any atom is 0.263 e. The molecule has 1 aliphatic heterocycles. The average Bonchev–Trinajstić information content (AvgIpc) is 3.33. The van der Waals surface area contributed by atoms with E-state index in [9.17, 15) is 4.79 Å². The van der Waals surface area contributed by atoms with Crippen LogP contribution in [-0.4, -0.2) is 59.2 Å². The average molecular weight is 472 g/mol. The Morgan fingerprint density at radius 3 is 2.94 bits per heavy atom. The molecule has 9 nitrogen and oxygen atoms in total. The van der Waals surface area contributed by atoms with Crippen molar-refractivity contribution in [3.8, 4) is 0 Å². The lowest BCUT2D eigenvalue weighted by atomic mass is 9.91. The lowest BCUT2D eigenvalue weighted by Crippen LogP contribution is -2.39. The zero-order valence-electron chi connectivity index (χ0n) is 18.5. The highest BCUT2D eigenvalue weighted by molar-refractivity contribution is 7.21. The van der Waals surface area contributed by atoms with Crippen LogP contribution >= 0.6 is 11.3 Å². The van der Waals surface area contributed by atoms with Crippen LogP contribution in [0.15, 0.2) is 12.3 Å². The van der Waals surface area contributed by atoms with Crippen LogP contribution in [0.5, 0.6) is 0 Å². The summed E-state index contributed by atoms with van der Waals surface area (Å²) in [7, 11) is 1.63. The van der Waals surface area contributed by atoms with E-state index in [-0.39, 0.29) is 29.9 Å². The minimum atomic E-state index is -0.311. The summed E-state index contributed by atoms with van der Waals surface area (Å²) in [4.78, 5) is 29.3. The normalized spacial score (nSPS) is 22.5. The number of hydrogen-bond donors (Lipinski definition) is 3.